The van der Waals surface area contributed by atoms with Gasteiger partial charge < -0.3 is 14.7 Å². The molecule has 1 N–H and O–H groups in total. The third-order valence-electron chi connectivity index (χ3n) is 4.73. The van der Waals surface area contributed by atoms with Crippen molar-refractivity contribution < 1.29 is 19.4 Å². The second-order valence-corrected chi connectivity index (χ2v) is 6.23. The monoisotopic (exact) mass is 319 g/mol. The molecular weight excluding hydrogens is 294 g/mol. The van der Waals surface area contributed by atoms with Gasteiger partial charge in [-0.2, -0.15) is 0 Å². The van der Waals surface area contributed by atoms with Crippen molar-refractivity contribution in [3.05, 3.63) is 35.9 Å². The largest absolute Gasteiger partial charge is 0.480 e. The van der Waals surface area contributed by atoms with Crippen molar-refractivity contribution in [2.45, 2.75) is 32.2 Å². The highest BCUT2D eigenvalue weighted by Gasteiger charge is 2.33. The lowest BCUT2D eigenvalue weighted by molar-refractivity contribution is -0.151. The quantitative estimate of drug-likeness (QED) is 0.873. The number of rotatable bonds is 6. The molecule has 2 rings (SSSR count). The third kappa shape index (κ3) is 4.55. The van der Waals surface area contributed by atoms with E-state index >= 15 is 0 Å². The summed E-state index contributed by atoms with van der Waals surface area (Å²) >= 11 is 0. The maximum absolute atomic E-state index is 12.7. The minimum absolute atomic E-state index is 0.0970. The molecule has 0 saturated carbocycles. The fraction of sp³-hybridized carbons (Fsp3) is 0.556. The molecule has 1 aromatic carbocycles. The molecule has 5 nitrogen and oxygen atoms in total. The molecule has 0 aromatic heterocycles. The van der Waals surface area contributed by atoms with Crippen LogP contribution in [0.5, 0.6) is 0 Å². The summed E-state index contributed by atoms with van der Waals surface area (Å²) in [7, 11) is 1.60. The predicted octanol–water partition coefficient (Wildman–Crippen LogP) is 2.20. The number of hydrogen-bond donors (Lipinski definition) is 1. The first-order valence-corrected chi connectivity index (χ1v) is 8.12. The van der Waals surface area contributed by atoms with Gasteiger partial charge in [-0.05, 0) is 24.3 Å². The predicted molar refractivity (Wildman–Crippen MR) is 87.0 cm³/mol. The summed E-state index contributed by atoms with van der Waals surface area (Å²) in [6.07, 6.45) is 2.03. The number of carbonyl (C=O) groups excluding carboxylic acids is 1. The molecule has 126 valence electrons. The van der Waals surface area contributed by atoms with Crippen molar-refractivity contribution >= 4 is 11.9 Å². The summed E-state index contributed by atoms with van der Waals surface area (Å²) in [5.74, 6) is -0.976. The van der Waals surface area contributed by atoms with Crippen molar-refractivity contribution in [3.8, 4) is 0 Å². The summed E-state index contributed by atoms with van der Waals surface area (Å²) in [5.41, 5.74) is 0.915. The Balaban J connectivity index is 2.05. The number of carboxylic acid groups (broad SMARTS) is 1. The average Bonchev–Trinajstić information content (AvgIpc) is 2.59. The van der Waals surface area contributed by atoms with Gasteiger partial charge in [-0.1, -0.05) is 37.3 Å². The van der Waals surface area contributed by atoms with Crippen molar-refractivity contribution in [3.63, 3.8) is 0 Å². The Morgan fingerprint density at radius 1 is 1.26 bits per heavy atom. The van der Waals surface area contributed by atoms with Crippen LogP contribution in [0, 0.1) is 11.8 Å². The number of benzene rings is 1. The van der Waals surface area contributed by atoms with Gasteiger partial charge in [0, 0.05) is 32.6 Å². The standard InChI is InChI=1S/C18H25NO4/c1-13(15-8-10-23-11-9-15)17(20)19(2)16(18(21)22)12-14-6-4-3-5-7-14/h3-7,13,15-16H,8-12H2,1-2H3,(H,21,22). The van der Waals surface area contributed by atoms with Crippen LogP contribution in [-0.2, 0) is 20.7 Å². The lowest BCUT2D eigenvalue weighted by atomic mass is 9.86. The van der Waals surface area contributed by atoms with Crippen LogP contribution in [0.25, 0.3) is 0 Å². The Labute approximate surface area is 137 Å². The topological polar surface area (TPSA) is 66.8 Å². The zero-order chi connectivity index (χ0) is 16.8. The van der Waals surface area contributed by atoms with Crippen molar-refractivity contribution in [2.75, 3.05) is 20.3 Å². The number of aliphatic carboxylic acids is 1. The molecule has 0 bridgehead atoms. The van der Waals surface area contributed by atoms with E-state index < -0.39 is 12.0 Å². The normalized spacial score (nSPS) is 18.2. The molecule has 0 spiro atoms. The van der Waals surface area contributed by atoms with Gasteiger partial charge in [-0.3, -0.25) is 4.79 Å². The Bertz CT molecular complexity index is 525. The number of nitrogens with zero attached hydrogens (tertiary/aromatic N) is 1. The van der Waals surface area contributed by atoms with Crippen LogP contribution in [0.1, 0.15) is 25.3 Å². The van der Waals surface area contributed by atoms with E-state index in [1.54, 1.807) is 7.05 Å². The van der Waals surface area contributed by atoms with Gasteiger partial charge in [0.05, 0.1) is 0 Å². The minimum atomic E-state index is -0.969. The number of amides is 1. The molecule has 2 unspecified atom stereocenters. The molecule has 1 aromatic rings. The number of likely N-dealkylation sites (N-methyl/N-ethyl adjacent to an activating group) is 1. The molecule has 0 radical (unpaired) electrons. The van der Waals surface area contributed by atoms with Gasteiger partial charge in [0.1, 0.15) is 6.04 Å². The van der Waals surface area contributed by atoms with Crippen LogP contribution in [0.15, 0.2) is 30.3 Å². The van der Waals surface area contributed by atoms with Crippen LogP contribution in [-0.4, -0.2) is 48.2 Å². The molecule has 1 amide bonds. The smallest absolute Gasteiger partial charge is 0.326 e. The molecule has 1 heterocycles. The summed E-state index contributed by atoms with van der Waals surface area (Å²) in [6, 6.07) is 8.57. The van der Waals surface area contributed by atoms with Gasteiger partial charge >= 0.3 is 5.97 Å². The van der Waals surface area contributed by atoms with Crippen LogP contribution in [0.2, 0.25) is 0 Å². The van der Waals surface area contributed by atoms with Crippen molar-refractivity contribution in [2.24, 2.45) is 11.8 Å². The zero-order valence-electron chi connectivity index (χ0n) is 13.8. The highest BCUT2D eigenvalue weighted by molar-refractivity contribution is 5.85. The number of carbonyl (C=O) groups is 2. The van der Waals surface area contributed by atoms with Crippen LogP contribution in [0.4, 0.5) is 0 Å². The summed E-state index contributed by atoms with van der Waals surface area (Å²) in [6.45, 7) is 3.26. The fourth-order valence-corrected chi connectivity index (χ4v) is 3.12. The summed E-state index contributed by atoms with van der Waals surface area (Å²) in [4.78, 5) is 25.7. The first kappa shape index (κ1) is 17.5. The molecule has 1 aliphatic rings. The van der Waals surface area contributed by atoms with E-state index in [2.05, 4.69) is 0 Å². The number of hydrogen-bond acceptors (Lipinski definition) is 3. The molecule has 1 aliphatic heterocycles. The van der Waals surface area contributed by atoms with E-state index in [0.717, 1.165) is 18.4 Å². The fourth-order valence-electron chi connectivity index (χ4n) is 3.12. The van der Waals surface area contributed by atoms with Crippen LogP contribution in [0.3, 0.4) is 0 Å². The second kappa shape index (κ2) is 8.11. The Kier molecular flexibility index (Phi) is 6.16. The molecule has 5 heteroatoms. The molecular formula is C18H25NO4. The maximum atomic E-state index is 12.7. The number of ether oxygens (including phenoxy) is 1. The Morgan fingerprint density at radius 2 is 1.87 bits per heavy atom. The lowest BCUT2D eigenvalue weighted by Gasteiger charge is -2.32. The van der Waals surface area contributed by atoms with E-state index in [0.29, 0.717) is 19.6 Å². The van der Waals surface area contributed by atoms with Gasteiger partial charge in [0.2, 0.25) is 5.91 Å². The van der Waals surface area contributed by atoms with E-state index in [4.69, 9.17) is 4.74 Å². The van der Waals surface area contributed by atoms with Gasteiger partial charge in [0.15, 0.2) is 0 Å². The molecule has 1 fully saturated rings. The zero-order valence-corrected chi connectivity index (χ0v) is 13.8. The van der Waals surface area contributed by atoms with Gasteiger partial charge in [0.25, 0.3) is 0 Å². The Morgan fingerprint density at radius 3 is 2.43 bits per heavy atom. The van der Waals surface area contributed by atoms with Gasteiger partial charge in [-0.15, -0.1) is 0 Å². The van der Waals surface area contributed by atoms with Crippen LogP contribution < -0.4 is 0 Å². The third-order valence-corrected chi connectivity index (χ3v) is 4.73. The highest BCUT2D eigenvalue weighted by atomic mass is 16.5. The van der Waals surface area contributed by atoms with Crippen molar-refractivity contribution in [1.82, 2.24) is 4.90 Å². The first-order chi connectivity index (χ1) is 11.0. The highest BCUT2D eigenvalue weighted by Crippen LogP contribution is 2.25. The number of carboxylic acids is 1. The minimum Gasteiger partial charge on any atom is -0.480 e. The SMILES string of the molecule is CC(C(=O)N(C)C(Cc1ccccc1)C(=O)O)C1CCOCC1. The van der Waals surface area contributed by atoms with E-state index in [1.165, 1.54) is 4.90 Å². The van der Waals surface area contributed by atoms with E-state index in [-0.39, 0.29) is 17.7 Å². The summed E-state index contributed by atoms with van der Waals surface area (Å²) < 4.78 is 5.34. The van der Waals surface area contributed by atoms with E-state index in [1.807, 2.05) is 37.3 Å². The van der Waals surface area contributed by atoms with Crippen LogP contribution >= 0.6 is 0 Å². The summed E-state index contributed by atoms with van der Waals surface area (Å²) in [5, 5.41) is 9.53. The van der Waals surface area contributed by atoms with Crippen molar-refractivity contribution in [1.29, 1.82) is 0 Å². The van der Waals surface area contributed by atoms with Gasteiger partial charge in [-0.25, -0.2) is 4.79 Å². The lowest BCUT2D eigenvalue weighted by Crippen LogP contribution is -2.47. The average molecular weight is 319 g/mol. The van der Waals surface area contributed by atoms with E-state index in [9.17, 15) is 14.7 Å². The molecule has 23 heavy (non-hydrogen) atoms. The molecule has 2 atom stereocenters. The maximum Gasteiger partial charge on any atom is 0.326 e. The second-order valence-electron chi connectivity index (χ2n) is 6.23. The molecule has 1 saturated heterocycles. The Hall–Kier alpha value is -1.88. The molecule has 0 aliphatic carbocycles. The first-order valence-electron chi connectivity index (χ1n) is 8.12.